The average molecular weight is 440 g/mol. The van der Waals surface area contributed by atoms with Gasteiger partial charge in [-0.15, -0.1) is 11.8 Å². The molecule has 0 radical (unpaired) electrons. The molecule has 30 heavy (non-hydrogen) atoms. The molecule has 4 atom stereocenters. The van der Waals surface area contributed by atoms with E-state index in [1.54, 1.807) is 18.7 Å². The van der Waals surface area contributed by atoms with Gasteiger partial charge in [-0.3, -0.25) is 4.79 Å². The topological polar surface area (TPSA) is 92.8 Å². The van der Waals surface area contributed by atoms with Crippen molar-refractivity contribution in [3.8, 4) is 5.75 Å². The molecule has 0 amide bonds. The van der Waals surface area contributed by atoms with Gasteiger partial charge in [-0.25, -0.2) is 0 Å². The molecule has 0 spiro atoms. The van der Waals surface area contributed by atoms with Crippen LogP contribution in [0.3, 0.4) is 0 Å². The fourth-order valence-corrected chi connectivity index (χ4v) is 3.84. The van der Waals surface area contributed by atoms with E-state index in [0.29, 0.717) is 18.3 Å². The molecule has 0 aliphatic heterocycles. The van der Waals surface area contributed by atoms with Gasteiger partial charge in [-0.05, 0) is 60.0 Å². The molecule has 172 valence electrons. The normalized spacial score (nSPS) is 16.2. The molecule has 6 heteroatoms. The quantitative estimate of drug-likeness (QED) is 0.409. The summed E-state index contributed by atoms with van der Waals surface area (Å²) in [7, 11) is 0. The molecule has 5 nitrogen and oxygen atoms in total. The first-order chi connectivity index (χ1) is 13.9. The van der Waals surface area contributed by atoms with Crippen LogP contribution >= 0.6 is 11.8 Å². The second kappa shape index (κ2) is 12.0. The summed E-state index contributed by atoms with van der Waals surface area (Å²) in [4.78, 5) is 11.1. The highest BCUT2D eigenvalue weighted by atomic mass is 32.2. The highest BCUT2D eigenvalue weighted by Gasteiger charge is 2.26. The average Bonchev–Trinajstić information content (AvgIpc) is 2.64. The number of aliphatic hydroxyl groups is 1. The van der Waals surface area contributed by atoms with Crippen LogP contribution in [0.25, 0.3) is 0 Å². The Morgan fingerprint density at radius 3 is 2.33 bits per heavy atom. The maximum absolute atomic E-state index is 11.1. The van der Waals surface area contributed by atoms with Gasteiger partial charge in [0.2, 0.25) is 0 Å². The van der Waals surface area contributed by atoms with E-state index >= 15 is 0 Å². The fourth-order valence-electron chi connectivity index (χ4n) is 3.59. The SMILES string of the molecule is CSCOc1cc(C[C@@H](C[C@H](N)[C@@H](O)CC(C)C(=O)O)C(C)C)ccc1C(C)(C)C. The van der Waals surface area contributed by atoms with Gasteiger partial charge in [-0.1, -0.05) is 53.7 Å². The zero-order valence-corrected chi connectivity index (χ0v) is 20.5. The number of aliphatic carboxylic acids is 1. The van der Waals surface area contributed by atoms with Crippen molar-refractivity contribution >= 4 is 17.7 Å². The Hall–Kier alpha value is -1.24. The number of carbonyl (C=O) groups is 1. The van der Waals surface area contributed by atoms with Crippen LogP contribution in [0, 0.1) is 17.8 Å². The van der Waals surface area contributed by atoms with Gasteiger partial charge >= 0.3 is 5.97 Å². The number of thioether (sulfide) groups is 1. The van der Waals surface area contributed by atoms with Crippen molar-refractivity contribution in [1.29, 1.82) is 0 Å². The van der Waals surface area contributed by atoms with Gasteiger partial charge in [0, 0.05) is 6.04 Å². The Kier molecular flexibility index (Phi) is 10.7. The van der Waals surface area contributed by atoms with E-state index in [2.05, 4.69) is 52.8 Å². The summed E-state index contributed by atoms with van der Waals surface area (Å²) < 4.78 is 6.02. The summed E-state index contributed by atoms with van der Waals surface area (Å²) in [6.07, 6.45) is 2.86. The van der Waals surface area contributed by atoms with E-state index in [1.807, 2.05) is 6.26 Å². The van der Waals surface area contributed by atoms with Crippen LogP contribution in [0.2, 0.25) is 0 Å². The zero-order valence-electron chi connectivity index (χ0n) is 19.6. The number of nitrogens with two attached hydrogens (primary N) is 1. The molecule has 0 heterocycles. The zero-order chi connectivity index (χ0) is 23.1. The van der Waals surface area contributed by atoms with Crippen molar-refractivity contribution in [3.63, 3.8) is 0 Å². The van der Waals surface area contributed by atoms with Crippen LogP contribution in [0.4, 0.5) is 0 Å². The number of hydrogen-bond donors (Lipinski definition) is 3. The molecule has 1 aromatic rings. The summed E-state index contributed by atoms with van der Waals surface area (Å²) >= 11 is 1.65. The maximum Gasteiger partial charge on any atom is 0.306 e. The van der Waals surface area contributed by atoms with E-state index in [9.17, 15) is 9.90 Å². The summed E-state index contributed by atoms with van der Waals surface area (Å²) in [5.74, 6) is 0.694. The van der Waals surface area contributed by atoms with E-state index in [0.717, 1.165) is 12.2 Å². The number of aliphatic hydroxyl groups excluding tert-OH is 1. The second-order valence-corrected chi connectivity index (χ2v) is 10.6. The van der Waals surface area contributed by atoms with Gasteiger partial charge < -0.3 is 20.7 Å². The third-order valence-corrected chi connectivity index (χ3v) is 6.07. The van der Waals surface area contributed by atoms with Gasteiger partial charge in [0.15, 0.2) is 0 Å². The number of carboxylic acid groups (broad SMARTS) is 1. The van der Waals surface area contributed by atoms with Crippen LogP contribution in [-0.2, 0) is 16.6 Å². The molecule has 4 N–H and O–H groups in total. The first-order valence-electron chi connectivity index (χ1n) is 10.8. The van der Waals surface area contributed by atoms with Gasteiger partial charge in [0.1, 0.15) is 11.7 Å². The Morgan fingerprint density at radius 1 is 1.20 bits per heavy atom. The first-order valence-corrected chi connectivity index (χ1v) is 12.2. The third-order valence-electron chi connectivity index (χ3n) is 5.71. The Labute approximate surface area is 186 Å². The lowest BCUT2D eigenvalue weighted by Crippen LogP contribution is -2.39. The van der Waals surface area contributed by atoms with Gasteiger partial charge in [0.05, 0.1) is 12.0 Å². The Morgan fingerprint density at radius 2 is 1.83 bits per heavy atom. The fraction of sp³-hybridized carbons (Fsp3) is 0.708. The lowest BCUT2D eigenvalue weighted by molar-refractivity contribution is -0.142. The second-order valence-electron chi connectivity index (χ2n) is 9.78. The predicted octanol–water partition coefficient (Wildman–Crippen LogP) is 4.69. The minimum Gasteiger partial charge on any atom is -0.483 e. The smallest absolute Gasteiger partial charge is 0.306 e. The minimum absolute atomic E-state index is 0.00296. The molecule has 1 unspecified atom stereocenters. The van der Waals surface area contributed by atoms with E-state index in [4.69, 9.17) is 15.6 Å². The molecule has 0 fully saturated rings. The molecular formula is C24H41NO4S. The van der Waals surface area contributed by atoms with Crippen molar-refractivity contribution in [2.24, 2.45) is 23.5 Å². The molecule has 0 aromatic heterocycles. The molecule has 1 rings (SSSR count). The number of carboxylic acids is 1. The summed E-state index contributed by atoms with van der Waals surface area (Å²) in [5.41, 5.74) is 8.65. The van der Waals surface area contributed by atoms with Gasteiger partial charge in [0.25, 0.3) is 0 Å². The monoisotopic (exact) mass is 439 g/mol. The van der Waals surface area contributed by atoms with Crippen LogP contribution in [0.5, 0.6) is 5.75 Å². The largest absolute Gasteiger partial charge is 0.483 e. The molecule has 1 aromatic carbocycles. The lowest BCUT2D eigenvalue weighted by atomic mass is 9.81. The van der Waals surface area contributed by atoms with Crippen LogP contribution in [-0.4, -0.2) is 40.5 Å². The standard InChI is InChI=1S/C24H41NO4S/c1-15(2)18(13-20(25)21(26)10-16(3)23(27)28)11-17-8-9-19(24(4,5)6)22(12-17)29-14-30-7/h8-9,12,15-16,18,20-21,26H,10-11,13-14,25H2,1-7H3,(H,27,28)/t16?,18-,20-,21-/m0/s1. The molecular weight excluding hydrogens is 398 g/mol. The summed E-state index contributed by atoms with van der Waals surface area (Å²) in [6.45, 7) is 12.5. The maximum atomic E-state index is 11.1. The highest BCUT2D eigenvalue weighted by Crippen LogP contribution is 2.34. The van der Waals surface area contributed by atoms with Crippen molar-refractivity contribution in [2.45, 2.75) is 78.4 Å². The van der Waals surface area contributed by atoms with Crippen LogP contribution < -0.4 is 10.5 Å². The molecule has 0 aliphatic carbocycles. The Bertz CT molecular complexity index is 672. The van der Waals surface area contributed by atoms with Crippen molar-refractivity contribution < 1.29 is 19.7 Å². The number of rotatable bonds is 12. The molecule has 0 bridgehead atoms. The highest BCUT2D eigenvalue weighted by molar-refractivity contribution is 7.98. The predicted molar refractivity (Wildman–Crippen MR) is 126 cm³/mol. The number of hydrogen-bond acceptors (Lipinski definition) is 5. The van der Waals surface area contributed by atoms with Crippen molar-refractivity contribution in [1.82, 2.24) is 0 Å². The third kappa shape index (κ3) is 8.48. The lowest BCUT2D eigenvalue weighted by Gasteiger charge is -2.28. The number of ether oxygens (including phenoxy) is 1. The molecule has 0 aliphatic rings. The van der Waals surface area contributed by atoms with E-state index in [-0.39, 0.29) is 17.8 Å². The molecule has 0 saturated carbocycles. The van der Waals surface area contributed by atoms with Crippen molar-refractivity contribution in [2.75, 3.05) is 12.2 Å². The van der Waals surface area contributed by atoms with Crippen LogP contribution in [0.1, 0.15) is 65.5 Å². The van der Waals surface area contributed by atoms with Gasteiger partial charge in [-0.2, -0.15) is 0 Å². The Balaban J connectivity index is 2.95. The molecule has 0 saturated heterocycles. The van der Waals surface area contributed by atoms with E-state index in [1.165, 1.54) is 11.1 Å². The minimum atomic E-state index is -0.904. The number of benzene rings is 1. The van der Waals surface area contributed by atoms with E-state index < -0.39 is 24.0 Å². The first kappa shape index (κ1) is 26.8. The summed E-state index contributed by atoms with van der Waals surface area (Å²) in [6, 6.07) is 6.02. The van der Waals surface area contributed by atoms with Crippen molar-refractivity contribution in [3.05, 3.63) is 29.3 Å². The summed E-state index contributed by atoms with van der Waals surface area (Å²) in [5, 5.41) is 19.5. The van der Waals surface area contributed by atoms with Crippen LogP contribution in [0.15, 0.2) is 18.2 Å².